The lowest BCUT2D eigenvalue weighted by atomic mass is 10.2. The van der Waals surface area contributed by atoms with Crippen LogP contribution in [-0.2, 0) is 9.53 Å². The van der Waals surface area contributed by atoms with Crippen molar-refractivity contribution >= 4 is 5.91 Å². The van der Waals surface area contributed by atoms with Gasteiger partial charge >= 0.3 is 0 Å². The predicted octanol–water partition coefficient (Wildman–Crippen LogP) is 1.30. The number of fused-ring (bicyclic) bond motifs is 1. The molecule has 2 fully saturated rings. The van der Waals surface area contributed by atoms with Crippen LogP contribution >= 0.6 is 0 Å². The number of carbonyl (C=O) groups excluding carboxylic acids is 1. The number of hydrogen-bond donors (Lipinski definition) is 1. The molecule has 0 saturated carbocycles. The Hall–Kier alpha value is -2.10. The van der Waals surface area contributed by atoms with Gasteiger partial charge in [0.1, 0.15) is 5.75 Å². The fourth-order valence-electron chi connectivity index (χ4n) is 3.23. The van der Waals surface area contributed by atoms with Crippen molar-refractivity contribution in [3.05, 3.63) is 29.8 Å². The first-order chi connectivity index (χ1) is 11.7. The molecule has 0 spiro atoms. The first-order valence-corrected chi connectivity index (χ1v) is 8.46. The summed E-state index contributed by atoms with van der Waals surface area (Å²) >= 11 is 0. The molecule has 1 N–H and O–H groups in total. The molecule has 24 heavy (non-hydrogen) atoms. The van der Waals surface area contributed by atoms with Crippen LogP contribution in [0.1, 0.15) is 25.3 Å². The molecule has 0 aromatic heterocycles. The topological polar surface area (TPSA) is 74.6 Å². The van der Waals surface area contributed by atoms with Gasteiger partial charge in [0.2, 0.25) is 0 Å². The van der Waals surface area contributed by atoms with Crippen molar-refractivity contribution in [3.63, 3.8) is 0 Å². The van der Waals surface area contributed by atoms with E-state index in [1.165, 1.54) is 12.8 Å². The van der Waals surface area contributed by atoms with Gasteiger partial charge in [0.05, 0.1) is 24.3 Å². The summed E-state index contributed by atoms with van der Waals surface area (Å²) in [7, 11) is 0. The van der Waals surface area contributed by atoms with Crippen LogP contribution in [0.15, 0.2) is 24.3 Å². The van der Waals surface area contributed by atoms with Crippen LogP contribution in [0, 0.1) is 11.3 Å². The minimum absolute atomic E-state index is 0.0467. The van der Waals surface area contributed by atoms with Crippen LogP contribution in [0.4, 0.5) is 0 Å². The fraction of sp³-hybridized carbons (Fsp3) is 0.556. The van der Waals surface area contributed by atoms with Crippen molar-refractivity contribution in [2.24, 2.45) is 0 Å². The molecule has 0 aliphatic carbocycles. The molecule has 1 aromatic rings. The Morgan fingerprint density at radius 3 is 3.04 bits per heavy atom. The Morgan fingerprint density at radius 1 is 1.50 bits per heavy atom. The van der Waals surface area contributed by atoms with Gasteiger partial charge in [0.15, 0.2) is 6.10 Å². The average Bonchev–Trinajstić information content (AvgIpc) is 3.08. The monoisotopic (exact) mass is 329 g/mol. The quantitative estimate of drug-likeness (QED) is 0.881. The zero-order valence-corrected chi connectivity index (χ0v) is 13.9. The van der Waals surface area contributed by atoms with Gasteiger partial charge in [-0.15, -0.1) is 0 Å². The van der Waals surface area contributed by atoms with Crippen molar-refractivity contribution in [2.75, 3.05) is 26.2 Å². The van der Waals surface area contributed by atoms with Crippen LogP contribution in [0.25, 0.3) is 0 Å². The number of benzene rings is 1. The Balaban J connectivity index is 1.43. The van der Waals surface area contributed by atoms with Crippen LogP contribution in [0.5, 0.6) is 5.75 Å². The molecule has 128 valence electrons. The van der Waals surface area contributed by atoms with E-state index in [0.717, 1.165) is 19.7 Å². The summed E-state index contributed by atoms with van der Waals surface area (Å²) in [5.41, 5.74) is 0.564. The van der Waals surface area contributed by atoms with E-state index in [1.54, 1.807) is 31.2 Å². The molecule has 6 nitrogen and oxygen atoms in total. The summed E-state index contributed by atoms with van der Waals surface area (Å²) < 4.78 is 11.5. The zero-order valence-electron chi connectivity index (χ0n) is 13.9. The number of morpholine rings is 1. The van der Waals surface area contributed by atoms with Crippen LogP contribution in [0.3, 0.4) is 0 Å². The highest BCUT2D eigenvalue weighted by molar-refractivity contribution is 5.80. The second-order valence-corrected chi connectivity index (χ2v) is 6.39. The van der Waals surface area contributed by atoms with E-state index in [1.807, 2.05) is 0 Å². The third-order valence-corrected chi connectivity index (χ3v) is 4.63. The van der Waals surface area contributed by atoms with Crippen molar-refractivity contribution in [1.82, 2.24) is 10.2 Å². The first-order valence-electron chi connectivity index (χ1n) is 8.46. The molecule has 0 radical (unpaired) electrons. The van der Waals surface area contributed by atoms with Gasteiger partial charge in [-0.1, -0.05) is 0 Å². The van der Waals surface area contributed by atoms with Crippen LogP contribution in [-0.4, -0.2) is 55.3 Å². The predicted molar refractivity (Wildman–Crippen MR) is 88.6 cm³/mol. The molecule has 2 saturated heterocycles. The van der Waals surface area contributed by atoms with Crippen LogP contribution in [0.2, 0.25) is 0 Å². The highest BCUT2D eigenvalue weighted by Gasteiger charge is 2.32. The number of carbonyl (C=O) groups is 1. The number of nitrogens with one attached hydrogen (secondary N) is 1. The lowest BCUT2D eigenvalue weighted by Crippen LogP contribution is -2.51. The minimum Gasteiger partial charge on any atom is -0.481 e. The lowest BCUT2D eigenvalue weighted by Gasteiger charge is -2.35. The normalized spacial score (nSPS) is 24.7. The van der Waals surface area contributed by atoms with Crippen molar-refractivity contribution in [1.29, 1.82) is 5.26 Å². The minimum atomic E-state index is -0.596. The van der Waals surface area contributed by atoms with E-state index in [0.29, 0.717) is 23.9 Å². The van der Waals surface area contributed by atoms with Crippen molar-refractivity contribution in [3.8, 4) is 11.8 Å². The Kier molecular flexibility index (Phi) is 5.34. The summed E-state index contributed by atoms with van der Waals surface area (Å²) in [5.74, 6) is 0.414. The molecule has 2 aliphatic heterocycles. The molecule has 1 amide bonds. The van der Waals surface area contributed by atoms with Crippen LogP contribution < -0.4 is 10.1 Å². The van der Waals surface area contributed by atoms with E-state index < -0.39 is 6.10 Å². The second kappa shape index (κ2) is 7.65. The highest BCUT2D eigenvalue weighted by atomic mass is 16.5. The lowest BCUT2D eigenvalue weighted by molar-refractivity contribution is -0.128. The Morgan fingerprint density at radius 2 is 2.29 bits per heavy atom. The molecule has 2 heterocycles. The number of amides is 1. The molecule has 3 rings (SSSR count). The molecule has 3 atom stereocenters. The van der Waals surface area contributed by atoms with Crippen molar-refractivity contribution in [2.45, 2.75) is 38.0 Å². The largest absolute Gasteiger partial charge is 0.481 e. The first kappa shape index (κ1) is 16.7. The van der Waals surface area contributed by atoms with Gasteiger partial charge in [0.25, 0.3) is 5.91 Å². The van der Waals surface area contributed by atoms with Crippen molar-refractivity contribution < 1.29 is 14.3 Å². The van der Waals surface area contributed by atoms with E-state index in [-0.39, 0.29) is 12.0 Å². The van der Waals surface area contributed by atoms with E-state index >= 15 is 0 Å². The van der Waals surface area contributed by atoms with Gasteiger partial charge in [0, 0.05) is 19.1 Å². The zero-order chi connectivity index (χ0) is 16.9. The molecule has 1 aromatic carbocycles. The van der Waals surface area contributed by atoms with E-state index in [2.05, 4.69) is 16.3 Å². The summed E-state index contributed by atoms with van der Waals surface area (Å²) in [6.45, 7) is 5.00. The molecular weight excluding hydrogens is 306 g/mol. The summed E-state index contributed by atoms with van der Waals surface area (Å²) in [5, 5.41) is 11.7. The Bertz CT molecular complexity index is 611. The smallest absolute Gasteiger partial charge is 0.260 e. The number of hydrogen-bond acceptors (Lipinski definition) is 5. The number of nitrogens with zero attached hydrogens (tertiary/aromatic N) is 2. The van der Waals surface area contributed by atoms with E-state index in [9.17, 15) is 4.79 Å². The third kappa shape index (κ3) is 4.05. The number of rotatable bonds is 5. The molecule has 0 bridgehead atoms. The van der Waals surface area contributed by atoms with Gasteiger partial charge in [-0.2, -0.15) is 5.26 Å². The van der Waals surface area contributed by atoms with Gasteiger partial charge in [-0.3, -0.25) is 9.69 Å². The molecule has 2 aliphatic rings. The fourth-order valence-corrected chi connectivity index (χ4v) is 3.23. The molecule has 0 unspecified atom stereocenters. The summed E-state index contributed by atoms with van der Waals surface area (Å²) in [6, 6.07) is 9.34. The molecular formula is C18H23N3O3. The third-order valence-electron chi connectivity index (χ3n) is 4.63. The van der Waals surface area contributed by atoms with Gasteiger partial charge in [-0.05, 0) is 50.6 Å². The maximum atomic E-state index is 12.2. The average molecular weight is 329 g/mol. The maximum absolute atomic E-state index is 12.2. The molecule has 6 heteroatoms. The van der Waals surface area contributed by atoms with E-state index in [4.69, 9.17) is 14.7 Å². The SMILES string of the molecule is C[C@H](Oc1ccc(C#N)cc1)C(=O)NC[C@@H]1CN2CCC[C@H]2CO1. The highest BCUT2D eigenvalue weighted by Crippen LogP contribution is 2.22. The van der Waals surface area contributed by atoms with Gasteiger partial charge < -0.3 is 14.8 Å². The second-order valence-electron chi connectivity index (χ2n) is 6.39. The Labute approximate surface area is 142 Å². The number of ether oxygens (including phenoxy) is 2. The summed E-state index contributed by atoms with van der Waals surface area (Å²) in [4.78, 5) is 14.6. The summed E-state index contributed by atoms with van der Waals surface area (Å²) in [6.07, 6.45) is 1.91. The number of nitriles is 1. The maximum Gasteiger partial charge on any atom is 0.260 e. The van der Waals surface area contributed by atoms with Gasteiger partial charge in [-0.25, -0.2) is 0 Å². The standard InChI is InChI=1S/C18H23N3O3/c1-13(24-16-6-4-14(9-19)5-7-16)18(22)20-10-17-11-21-8-2-3-15(21)12-23-17/h4-7,13,15,17H,2-3,8,10-12H2,1H3,(H,20,22)/t13-,15-,17+/m0/s1.